The van der Waals surface area contributed by atoms with E-state index >= 15 is 0 Å². The molecule has 0 unspecified atom stereocenters. The number of carbonyl (C=O) groups is 1. The van der Waals surface area contributed by atoms with E-state index in [2.05, 4.69) is 4.98 Å². The van der Waals surface area contributed by atoms with Crippen molar-refractivity contribution in [3.05, 3.63) is 77.6 Å². The first-order valence-electron chi connectivity index (χ1n) is 6.01. The van der Waals surface area contributed by atoms with Gasteiger partial charge in [0.1, 0.15) is 17.3 Å². The lowest BCUT2D eigenvalue weighted by molar-refractivity contribution is 0.102. The van der Waals surface area contributed by atoms with Crippen LogP contribution in [0.15, 0.2) is 54.7 Å². The minimum absolute atomic E-state index is 0.0482. The van der Waals surface area contributed by atoms with E-state index in [1.54, 1.807) is 18.2 Å². The smallest absolute Gasteiger partial charge is 0.217 e. The van der Waals surface area contributed by atoms with Gasteiger partial charge in [-0.15, -0.1) is 0 Å². The highest BCUT2D eigenvalue weighted by atomic mass is 19.1. The minimum atomic E-state index is -0.885. The van der Waals surface area contributed by atoms with Crippen molar-refractivity contribution in [3.63, 3.8) is 0 Å². The number of pyridine rings is 1. The van der Waals surface area contributed by atoms with Crippen molar-refractivity contribution >= 4 is 16.6 Å². The van der Waals surface area contributed by atoms with Gasteiger partial charge < -0.3 is 0 Å². The lowest BCUT2D eigenvalue weighted by Crippen LogP contribution is -2.09. The average molecular weight is 269 g/mol. The second-order valence-corrected chi connectivity index (χ2v) is 4.31. The van der Waals surface area contributed by atoms with Crippen LogP contribution in [0.5, 0.6) is 0 Å². The number of halogens is 2. The Bertz CT molecular complexity index is 789. The van der Waals surface area contributed by atoms with E-state index in [0.29, 0.717) is 5.39 Å². The summed E-state index contributed by atoms with van der Waals surface area (Å²) >= 11 is 0. The molecule has 3 rings (SSSR count). The highest BCUT2D eigenvalue weighted by Gasteiger charge is 2.21. The summed E-state index contributed by atoms with van der Waals surface area (Å²) in [5.74, 6) is -2.52. The molecule has 98 valence electrons. The molecule has 0 amide bonds. The topological polar surface area (TPSA) is 30.0 Å². The van der Waals surface area contributed by atoms with E-state index in [1.165, 1.54) is 12.3 Å². The SMILES string of the molecule is O=C(c1c(F)cccc1F)c1nccc2ccccc12. The fourth-order valence-electron chi connectivity index (χ4n) is 2.13. The van der Waals surface area contributed by atoms with E-state index in [9.17, 15) is 13.6 Å². The van der Waals surface area contributed by atoms with Gasteiger partial charge in [-0.1, -0.05) is 30.3 Å². The van der Waals surface area contributed by atoms with Gasteiger partial charge in [-0.25, -0.2) is 8.78 Å². The van der Waals surface area contributed by atoms with Gasteiger partial charge in [0.15, 0.2) is 0 Å². The molecule has 2 aromatic carbocycles. The van der Waals surface area contributed by atoms with Gasteiger partial charge >= 0.3 is 0 Å². The van der Waals surface area contributed by atoms with E-state index in [0.717, 1.165) is 17.5 Å². The lowest BCUT2D eigenvalue weighted by atomic mass is 10.0. The van der Waals surface area contributed by atoms with Crippen LogP contribution in [0.25, 0.3) is 10.8 Å². The zero-order chi connectivity index (χ0) is 14.1. The van der Waals surface area contributed by atoms with Crippen LogP contribution in [0.1, 0.15) is 16.1 Å². The Balaban J connectivity index is 2.24. The van der Waals surface area contributed by atoms with E-state index in [4.69, 9.17) is 0 Å². The second kappa shape index (κ2) is 4.81. The molecule has 0 radical (unpaired) electrons. The zero-order valence-electron chi connectivity index (χ0n) is 10.3. The predicted molar refractivity (Wildman–Crippen MR) is 71.5 cm³/mol. The maximum atomic E-state index is 13.7. The molecular formula is C16H9F2NO. The zero-order valence-corrected chi connectivity index (χ0v) is 10.3. The van der Waals surface area contributed by atoms with Crippen molar-refractivity contribution in [2.75, 3.05) is 0 Å². The maximum Gasteiger partial charge on any atom is 0.217 e. The molecule has 0 saturated heterocycles. The summed E-state index contributed by atoms with van der Waals surface area (Å²) in [6.07, 6.45) is 1.45. The Morgan fingerprint density at radius 3 is 2.35 bits per heavy atom. The van der Waals surface area contributed by atoms with Gasteiger partial charge in [-0.05, 0) is 23.6 Å². The Labute approximate surface area is 113 Å². The summed E-state index contributed by atoms with van der Waals surface area (Å²) in [5.41, 5.74) is -0.525. The van der Waals surface area contributed by atoms with Crippen LogP contribution in [0, 0.1) is 11.6 Å². The molecule has 3 aromatic rings. The fraction of sp³-hybridized carbons (Fsp3) is 0. The first kappa shape index (κ1) is 12.4. The summed E-state index contributed by atoms with van der Waals surface area (Å²) in [4.78, 5) is 16.3. The van der Waals surface area contributed by atoms with E-state index in [1.807, 2.05) is 12.1 Å². The molecule has 1 heterocycles. The monoisotopic (exact) mass is 269 g/mol. The van der Waals surface area contributed by atoms with Crippen molar-refractivity contribution in [3.8, 4) is 0 Å². The van der Waals surface area contributed by atoms with Crippen LogP contribution in [0.2, 0.25) is 0 Å². The molecule has 0 atom stereocenters. The summed E-state index contributed by atoms with van der Waals surface area (Å²) in [5, 5.41) is 1.37. The van der Waals surface area contributed by atoms with Crippen molar-refractivity contribution in [2.45, 2.75) is 0 Å². The Hall–Kier alpha value is -2.62. The Morgan fingerprint density at radius 2 is 1.60 bits per heavy atom. The number of hydrogen-bond donors (Lipinski definition) is 0. The number of ketones is 1. The number of benzene rings is 2. The van der Waals surface area contributed by atoms with Crippen molar-refractivity contribution in [1.82, 2.24) is 4.98 Å². The second-order valence-electron chi connectivity index (χ2n) is 4.31. The molecule has 0 aliphatic heterocycles. The molecular weight excluding hydrogens is 260 g/mol. The van der Waals surface area contributed by atoms with Gasteiger partial charge in [-0.3, -0.25) is 9.78 Å². The summed E-state index contributed by atoms with van der Waals surface area (Å²) in [6, 6.07) is 12.2. The number of rotatable bonds is 2. The van der Waals surface area contributed by atoms with Crippen LogP contribution >= 0.6 is 0 Å². The molecule has 0 aliphatic rings. The van der Waals surface area contributed by atoms with Crippen molar-refractivity contribution < 1.29 is 13.6 Å². The molecule has 0 saturated carbocycles. The summed E-state index contributed by atoms with van der Waals surface area (Å²) in [7, 11) is 0. The van der Waals surface area contributed by atoms with Crippen molar-refractivity contribution in [1.29, 1.82) is 0 Å². The van der Waals surface area contributed by atoms with Crippen molar-refractivity contribution in [2.24, 2.45) is 0 Å². The van der Waals surface area contributed by atoms with Gasteiger partial charge in [0.2, 0.25) is 5.78 Å². The molecule has 0 fully saturated rings. The number of nitrogens with zero attached hydrogens (tertiary/aromatic N) is 1. The molecule has 0 aliphatic carbocycles. The number of hydrogen-bond acceptors (Lipinski definition) is 2. The summed E-state index contributed by atoms with van der Waals surface area (Å²) in [6.45, 7) is 0. The molecule has 20 heavy (non-hydrogen) atoms. The fourth-order valence-corrected chi connectivity index (χ4v) is 2.13. The number of aromatic nitrogens is 1. The number of fused-ring (bicyclic) bond motifs is 1. The standard InChI is InChI=1S/C16H9F2NO/c17-12-6-3-7-13(18)14(12)16(20)15-11-5-2-1-4-10(11)8-9-19-15/h1-9H. The largest absolute Gasteiger partial charge is 0.287 e. The highest BCUT2D eigenvalue weighted by molar-refractivity contribution is 6.15. The highest BCUT2D eigenvalue weighted by Crippen LogP contribution is 2.22. The Kier molecular flexibility index (Phi) is 2.99. The molecule has 0 spiro atoms. The van der Waals surface area contributed by atoms with Crippen LogP contribution in [0.3, 0.4) is 0 Å². The minimum Gasteiger partial charge on any atom is -0.287 e. The first-order chi connectivity index (χ1) is 9.68. The van der Waals surface area contributed by atoms with E-state index in [-0.39, 0.29) is 5.69 Å². The van der Waals surface area contributed by atoms with Gasteiger partial charge in [0.05, 0.1) is 5.56 Å². The molecule has 0 N–H and O–H groups in total. The third-order valence-electron chi connectivity index (χ3n) is 3.08. The maximum absolute atomic E-state index is 13.7. The van der Waals surface area contributed by atoms with Gasteiger partial charge in [0, 0.05) is 11.6 Å². The molecule has 4 heteroatoms. The first-order valence-corrected chi connectivity index (χ1v) is 6.01. The molecule has 1 aromatic heterocycles. The third kappa shape index (κ3) is 1.95. The predicted octanol–water partition coefficient (Wildman–Crippen LogP) is 3.74. The molecule has 0 bridgehead atoms. The Morgan fingerprint density at radius 1 is 0.900 bits per heavy atom. The molecule has 2 nitrogen and oxygen atoms in total. The van der Waals surface area contributed by atoms with E-state index < -0.39 is 23.0 Å². The third-order valence-corrected chi connectivity index (χ3v) is 3.08. The number of carbonyl (C=O) groups excluding carboxylic acids is 1. The van der Waals surface area contributed by atoms with Crippen LogP contribution in [-0.4, -0.2) is 10.8 Å². The van der Waals surface area contributed by atoms with Crippen LogP contribution in [0.4, 0.5) is 8.78 Å². The van der Waals surface area contributed by atoms with Gasteiger partial charge in [-0.2, -0.15) is 0 Å². The van der Waals surface area contributed by atoms with Crippen LogP contribution < -0.4 is 0 Å². The normalized spacial score (nSPS) is 10.7. The van der Waals surface area contributed by atoms with Crippen LogP contribution in [-0.2, 0) is 0 Å². The van der Waals surface area contributed by atoms with Gasteiger partial charge in [0.25, 0.3) is 0 Å². The lowest BCUT2D eigenvalue weighted by Gasteiger charge is -2.06. The average Bonchev–Trinajstić information content (AvgIpc) is 2.46. The quantitative estimate of drug-likeness (QED) is 0.663. The summed E-state index contributed by atoms with van der Waals surface area (Å²) < 4.78 is 27.4.